The van der Waals surface area contributed by atoms with Crippen molar-refractivity contribution in [1.29, 1.82) is 0 Å². The highest BCUT2D eigenvalue weighted by molar-refractivity contribution is 7.85. The summed E-state index contributed by atoms with van der Waals surface area (Å²) < 4.78 is 29.1. The van der Waals surface area contributed by atoms with Crippen LogP contribution in [0.15, 0.2) is 106 Å². The molecule has 0 aromatic heterocycles. The third-order valence-corrected chi connectivity index (χ3v) is 5.79. The predicted molar refractivity (Wildman–Crippen MR) is 116 cm³/mol. The number of hydrogen-bond donors (Lipinski definition) is 0. The standard InChI is InChI=1S/C23H21N3O3S/c1-30(27,28)29-17-22(24-18-25-26-22)23(19-11-5-2-6-12-19,20-13-7-3-8-14-20)21-15-9-4-10-16-21/h2-16,18H,17H2,1H3. The monoisotopic (exact) mass is 419 g/mol. The number of aliphatic imine (C=N–C) groups is 1. The summed E-state index contributed by atoms with van der Waals surface area (Å²) in [5.74, 6) is 0. The Morgan fingerprint density at radius 1 is 0.800 bits per heavy atom. The van der Waals surface area contributed by atoms with Crippen LogP contribution in [0.3, 0.4) is 0 Å². The lowest BCUT2D eigenvalue weighted by Crippen LogP contribution is -2.53. The third-order valence-electron chi connectivity index (χ3n) is 5.24. The van der Waals surface area contributed by atoms with Crippen molar-refractivity contribution in [2.45, 2.75) is 11.1 Å². The fourth-order valence-electron chi connectivity index (χ4n) is 4.06. The third kappa shape index (κ3) is 3.46. The van der Waals surface area contributed by atoms with E-state index in [0.717, 1.165) is 22.9 Å². The van der Waals surface area contributed by atoms with Crippen molar-refractivity contribution in [2.75, 3.05) is 12.9 Å². The van der Waals surface area contributed by atoms with Gasteiger partial charge >= 0.3 is 0 Å². The van der Waals surface area contributed by atoms with E-state index in [-0.39, 0.29) is 6.61 Å². The molecule has 0 bridgehead atoms. The van der Waals surface area contributed by atoms with Gasteiger partial charge in [-0.05, 0) is 16.7 Å². The van der Waals surface area contributed by atoms with E-state index in [1.807, 2.05) is 91.0 Å². The summed E-state index contributed by atoms with van der Waals surface area (Å²) in [6.07, 6.45) is 2.38. The molecule has 7 heteroatoms. The molecule has 0 amide bonds. The number of benzene rings is 3. The molecule has 3 aromatic carbocycles. The Bertz CT molecular complexity index is 1050. The molecule has 4 rings (SSSR count). The van der Waals surface area contributed by atoms with Gasteiger partial charge in [0, 0.05) is 0 Å². The van der Waals surface area contributed by atoms with Gasteiger partial charge in [0.25, 0.3) is 10.1 Å². The van der Waals surface area contributed by atoms with Gasteiger partial charge in [0.1, 0.15) is 12.9 Å². The quantitative estimate of drug-likeness (QED) is 0.425. The van der Waals surface area contributed by atoms with Crippen LogP contribution in [0.5, 0.6) is 0 Å². The molecule has 1 atom stereocenters. The van der Waals surface area contributed by atoms with Gasteiger partial charge < -0.3 is 0 Å². The lowest BCUT2D eigenvalue weighted by Gasteiger charge is -2.44. The van der Waals surface area contributed by atoms with Crippen molar-refractivity contribution in [3.63, 3.8) is 0 Å². The summed E-state index contributed by atoms with van der Waals surface area (Å²) in [5.41, 5.74) is 0.380. The van der Waals surface area contributed by atoms with Crippen LogP contribution in [0, 0.1) is 0 Å². The van der Waals surface area contributed by atoms with Crippen LogP contribution in [-0.2, 0) is 19.7 Å². The molecule has 6 nitrogen and oxygen atoms in total. The molecule has 0 fully saturated rings. The fourth-order valence-corrected chi connectivity index (χ4v) is 4.44. The SMILES string of the molecule is CS(=O)(=O)OCC1(C(c2ccccc2)(c2ccccc2)c2ccccc2)N=CN=N1. The van der Waals surface area contributed by atoms with E-state index in [9.17, 15) is 8.42 Å². The number of azo groups is 1. The Kier molecular flexibility index (Phi) is 5.32. The van der Waals surface area contributed by atoms with E-state index in [0.29, 0.717) is 0 Å². The van der Waals surface area contributed by atoms with Crippen molar-refractivity contribution < 1.29 is 12.6 Å². The second-order valence-electron chi connectivity index (χ2n) is 7.09. The zero-order valence-electron chi connectivity index (χ0n) is 16.4. The van der Waals surface area contributed by atoms with Crippen molar-refractivity contribution in [3.8, 4) is 0 Å². The van der Waals surface area contributed by atoms with Gasteiger partial charge in [0.05, 0.1) is 11.7 Å². The summed E-state index contributed by atoms with van der Waals surface area (Å²) in [4.78, 5) is 4.62. The summed E-state index contributed by atoms with van der Waals surface area (Å²) in [6, 6.07) is 29.4. The molecule has 1 unspecified atom stereocenters. The average Bonchev–Trinajstić information content (AvgIpc) is 3.25. The van der Waals surface area contributed by atoms with E-state index in [2.05, 4.69) is 15.2 Å². The van der Waals surface area contributed by atoms with E-state index in [4.69, 9.17) is 4.18 Å². The maximum absolute atomic E-state index is 11.9. The van der Waals surface area contributed by atoms with Crippen LogP contribution in [0.1, 0.15) is 16.7 Å². The topological polar surface area (TPSA) is 80.5 Å². The lowest BCUT2D eigenvalue weighted by atomic mass is 9.62. The maximum atomic E-state index is 11.9. The van der Waals surface area contributed by atoms with Gasteiger partial charge in [0.2, 0.25) is 5.66 Å². The van der Waals surface area contributed by atoms with Crippen molar-refractivity contribution in [1.82, 2.24) is 0 Å². The molecule has 0 N–H and O–H groups in total. The molecule has 0 saturated carbocycles. The van der Waals surface area contributed by atoms with Crippen LogP contribution < -0.4 is 0 Å². The molecule has 0 radical (unpaired) electrons. The second kappa shape index (κ2) is 7.93. The Hall–Kier alpha value is -3.16. The number of hydrogen-bond acceptors (Lipinski definition) is 6. The minimum atomic E-state index is -3.73. The zero-order valence-corrected chi connectivity index (χ0v) is 17.2. The average molecular weight is 420 g/mol. The van der Waals surface area contributed by atoms with E-state index >= 15 is 0 Å². The number of rotatable bonds is 7. The molecule has 3 aromatic rings. The molecule has 1 aliphatic rings. The predicted octanol–water partition coefficient (Wildman–Crippen LogP) is 4.19. The van der Waals surface area contributed by atoms with Gasteiger partial charge in [-0.3, -0.25) is 4.18 Å². The van der Waals surface area contributed by atoms with Crippen molar-refractivity contribution >= 4 is 16.5 Å². The van der Waals surface area contributed by atoms with Gasteiger partial charge in [-0.2, -0.15) is 13.5 Å². The van der Waals surface area contributed by atoms with Crippen LogP contribution in [-0.4, -0.2) is 33.3 Å². The molecule has 1 aliphatic heterocycles. The first kappa shape index (κ1) is 20.1. The smallest absolute Gasteiger partial charge is 0.264 e. The van der Waals surface area contributed by atoms with Gasteiger partial charge in [0.15, 0.2) is 0 Å². The van der Waals surface area contributed by atoms with Gasteiger partial charge in [-0.25, -0.2) is 4.99 Å². The highest BCUT2D eigenvalue weighted by Gasteiger charge is 2.57. The van der Waals surface area contributed by atoms with Crippen LogP contribution >= 0.6 is 0 Å². The molecule has 1 heterocycles. The molecule has 152 valence electrons. The molecule has 0 saturated heterocycles. The highest BCUT2D eigenvalue weighted by Crippen LogP contribution is 2.51. The molecular weight excluding hydrogens is 398 g/mol. The molecular formula is C23H21N3O3S. The van der Waals surface area contributed by atoms with Gasteiger partial charge in [-0.1, -0.05) is 91.0 Å². The Morgan fingerprint density at radius 2 is 1.23 bits per heavy atom. The van der Waals surface area contributed by atoms with Crippen LogP contribution in [0.25, 0.3) is 0 Å². The van der Waals surface area contributed by atoms with Crippen molar-refractivity contribution in [2.24, 2.45) is 15.2 Å². The largest absolute Gasteiger partial charge is 0.266 e. The van der Waals surface area contributed by atoms with Gasteiger partial charge in [-0.15, -0.1) is 5.11 Å². The summed E-state index contributed by atoms with van der Waals surface area (Å²) in [7, 11) is -3.73. The van der Waals surface area contributed by atoms with E-state index in [1.165, 1.54) is 6.34 Å². The Balaban J connectivity index is 2.09. The minimum Gasteiger partial charge on any atom is -0.266 e. The van der Waals surface area contributed by atoms with E-state index in [1.54, 1.807) is 0 Å². The lowest BCUT2D eigenvalue weighted by molar-refractivity contribution is 0.183. The Morgan fingerprint density at radius 3 is 1.57 bits per heavy atom. The summed E-state index contributed by atoms with van der Waals surface area (Å²) in [6.45, 7) is -0.287. The molecule has 30 heavy (non-hydrogen) atoms. The second-order valence-corrected chi connectivity index (χ2v) is 8.73. The molecule has 0 spiro atoms. The zero-order chi connectivity index (χ0) is 21.1. The van der Waals surface area contributed by atoms with E-state index < -0.39 is 21.2 Å². The Labute approximate surface area is 176 Å². The fraction of sp³-hybridized carbons (Fsp3) is 0.174. The van der Waals surface area contributed by atoms with Crippen LogP contribution in [0.4, 0.5) is 0 Å². The van der Waals surface area contributed by atoms with Crippen LogP contribution in [0.2, 0.25) is 0 Å². The first-order valence-electron chi connectivity index (χ1n) is 9.45. The summed E-state index contributed by atoms with van der Waals surface area (Å²) >= 11 is 0. The normalized spacial score (nSPS) is 18.6. The molecule has 0 aliphatic carbocycles. The first-order chi connectivity index (χ1) is 14.5. The minimum absolute atomic E-state index is 0.287. The highest BCUT2D eigenvalue weighted by atomic mass is 32.2. The summed E-state index contributed by atoms with van der Waals surface area (Å²) in [5, 5.41) is 8.52. The maximum Gasteiger partial charge on any atom is 0.264 e. The number of nitrogens with zero attached hydrogens (tertiary/aromatic N) is 3. The first-order valence-corrected chi connectivity index (χ1v) is 11.3. The van der Waals surface area contributed by atoms with Crippen molar-refractivity contribution in [3.05, 3.63) is 108 Å².